The zero-order valence-corrected chi connectivity index (χ0v) is 29.3. The third kappa shape index (κ3) is 8.30. The number of piperidine rings is 3. The van der Waals surface area contributed by atoms with Crippen molar-refractivity contribution in [1.29, 1.82) is 0 Å². The van der Waals surface area contributed by atoms with Crippen molar-refractivity contribution < 1.29 is 42.0 Å². The molecule has 0 aliphatic carbocycles. The normalized spacial score (nSPS) is 18.5. The summed E-state index contributed by atoms with van der Waals surface area (Å²) in [4.78, 5) is 30.5. The van der Waals surface area contributed by atoms with Gasteiger partial charge in [0.1, 0.15) is 33.9 Å². The molecule has 1 amide bonds. The largest absolute Gasteiger partial charge is 0.619 e. The van der Waals surface area contributed by atoms with Crippen LogP contribution in [0.1, 0.15) is 46.0 Å². The number of rotatable bonds is 11. The lowest BCUT2D eigenvalue weighted by molar-refractivity contribution is -0.605. The van der Waals surface area contributed by atoms with Crippen LogP contribution in [0, 0.1) is 22.8 Å². The molecule has 3 aliphatic heterocycles. The molecule has 0 unspecified atom stereocenters. The molecule has 4 aromatic rings. The Bertz CT molecular complexity index is 1880. The van der Waals surface area contributed by atoms with Gasteiger partial charge in [-0.05, 0) is 79.4 Å². The smallest absolute Gasteiger partial charge is 0.415 e. The van der Waals surface area contributed by atoms with Gasteiger partial charge in [-0.3, -0.25) is 9.80 Å². The van der Waals surface area contributed by atoms with E-state index in [-0.39, 0.29) is 46.3 Å². The number of anilines is 1. The average molecular weight is 743 g/mol. The zero-order chi connectivity index (χ0) is 36.2. The van der Waals surface area contributed by atoms with Crippen molar-refractivity contribution in [3.8, 4) is 11.5 Å². The van der Waals surface area contributed by atoms with Crippen LogP contribution in [0.4, 0.5) is 19.3 Å². The van der Waals surface area contributed by atoms with E-state index in [1.54, 1.807) is 30.3 Å². The minimum Gasteiger partial charge on any atom is -0.619 e. The molecule has 3 fully saturated rings. The van der Waals surface area contributed by atoms with Gasteiger partial charge in [0.15, 0.2) is 23.9 Å². The molecule has 1 aromatic heterocycles. The predicted molar refractivity (Wildman–Crippen MR) is 185 cm³/mol. The predicted octanol–water partition coefficient (Wildman–Crippen LogP) is 7.30. The lowest BCUT2D eigenvalue weighted by Gasteiger charge is -2.44. The minimum atomic E-state index is -0.924. The van der Waals surface area contributed by atoms with Crippen LogP contribution >= 0.6 is 23.2 Å². The molecule has 3 aromatic carbocycles. The fraction of sp³-hybridized carbons (Fsp3) is 0.324. The van der Waals surface area contributed by atoms with E-state index in [0.29, 0.717) is 45.5 Å². The number of esters is 1. The van der Waals surface area contributed by atoms with Crippen molar-refractivity contribution in [2.24, 2.45) is 5.92 Å². The van der Waals surface area contributed by atoms with Crippen molar-refractivity contribution in [2.75, 3.05) is 38.8 Å². The Morgan fingerprint density at radius 2 is 1.65 bits per heavy atom. The molecule has 10 nitrogen and oxygen atoms in total. The second-order valence-electron chi connectivity index (χ2n) is 12.4. The zero-order valence-electron chi connectivity index (χ0n) is 27.8. The fourth-order valence-corrected chi connectivity index (χ4v) is 7.10. The molecule has 2 bridgehead atoms. The summed E-state index contributed by atoms with van der Waals surface area (Å²) in [7, 11) is 2.97. The standard InChI is InChI=1S/C37H35Cl2F2N3O7/c1-48-32-10-7-25(15-34(32)49-2)33(17-27-28(38)19-43(47)20-29(27)39)50-36(45)24-5-3-22(4-6-24)18-44(31-9-8-26(40)16-30(31)41)37(46)51-35-21-42-13-11-23(35)12-14-42/h3-10,15-16,19-20,23,33,35H,11-14,17-18,21H2,1-2H3/t33-,35-/m0/s1. The van der Waals surface area contributed by atoms with Gasteiger partial charge in [-0.15, -0.1) is 0 Å². The van der Waals surface area contributed by atoms with Crippen LogP contribution in [0.3, 0.4) is 0 Å². The maximum absolute atomic E-state index is 15.0. The van der Waals surface area contributed by atoms with Crippen LogP contribution in [0.5, 0.6) is 11.5 Å². The number of nitrogens with zero attached hydrogens (tertiary/aromatic N) is 3. The number of fused-ring (bicyclic) bond motifs is 3. The lowest BCUT2D eigenvalue weighted by Crippen LogP contribution is -2.53. The van der Waals surface area contributed by atoms with Crippen LogP contribution in [0.2, 0.25) is 10.0 Å². The molecule has 3 saturated heterocycles. The number of carbonyl (C=O) groups is 2. The molecule has 0 spiro atoms. The van der Waals surface area contributed by atoms with E-state index in [1.807, 2.05) is 0 Å². The fourth-order valence-electron chi connectivity index (χ4n) is 6.50. The highest BCUT2D eigenvalue weighted by Crippen LogP contribution is 2.36. The number of benzene rings is 3. The van der Waals surface area contributed by atoms with Gasteiger partial charge in [-0.25, -0.2) is 18.4 Å². The molecule has 3 aliphatic rings. The van der Waals surface area contributed by atoms with Gasteiger partial charge >= 0.3 is 12.1 Å². The Morgan fingerprint density at radius 1 is 0.961 bits per heavy atom. The molecule has 0 radical (unpaired) electrons. The first kappa shape index (κ1) is 36.2. The highest BCUT2D eigenvalue weighted by atomic mass is 35.5. The number of methoxy groups -OCH3 is 2. The van der Waals surface area contributed by atoms with Gasteiger partial charge in [-0.2, -0.15) is 4.73 Å². The van der Waals surface area contributed by atoms with Crippen molar-refractivity contribution in [3.05, 3.63) is 122 Å². The first-order valence-electron chi connectivity index (χ1n) is 16.3. The third-order valence-corrected chi connectivity index (χ3v) is 9.93. The van der Waals surface area contributed by atoms with E-state index < -0.39 is 29.8 Å². The number of carbonyl (C=O) groups excluding carboxylic acids is 2. The van der Waals surface area contributed by atoms with E-state index in [4.69, 9.17) is 42.1 Å². The minimum absolute atomic E-state index is 0.0255. The summed E-state index contributed by atoms with van der Waals surface area (Å²) in [5, 5.41) is 12.1. The van der Waals surface area contributed by atoms with E-state index in [0.717, 1.165) is 49.3 Å². The molecule has 0 N–H and O–H groups in total. The highest BCUT2D eigenvalue weighted by Gasteiger charge is 2.38. The van der Waals surface area contributed by atoms with Crippen LogP contribution in [0.25, 0.3) is 0 Å². The lowest BCUT2D eigenvalue weighted by atomic mass is 9.86. The summed E-state index contributed by atoms with van der Waals surface area (Å²) < 4.78 is 52.0. The van der Waals surface area contributed by atoms with Crippen molar-refractivity contribution in [1.82, 2.24) is 4.90 Å². The Kier molecular flexibility index (Phi) is 11.1. The maximum atomic E-state index is 15.0. The second kappa shape index (κ2) is 15.7. The Morgan fingerprint density at radius 3 is 2.25 bits per heavy atom. The Labute approximate surface area is 303 Å². The molecule has 4 heterocycles. The van der Waals surface area contributed by atoms with E-state index in [9.17, 15) is 19.2 Å². The van der Waals surface area contributed by atoms with Crippen molar-refractivity contribution >= 4 is 41.0 Å². The van der Waals surface area contributed by atoms with Crippen LogP contribution in [0.15, 0.2) is 73.1 Å². The summed E-state index contributed by atoms with van der Waals surface area (Å²) in [6.45, 7) is 2.40. The van der Waals surface area contributed by atoms with E-state index >= 15 is 4.39 Å². The van der Waals surface area contributed by atoms with Crippen LogP contribution in [-0.4, -0.2) is 56.9 Å². The number of aromatic nitrogens is 1. The number of ether oxygens (including phenoxy) is 4. The average Bonchev–Trinajstić information content (AvgIpc) is 3.12. The van der Waals surface area contributed by atoms with Crippen LogP contribution in [-0.2, 0) is 22.4 Å². The van der Waals surface area contributed by atoms with Crippen molar-refractivity contribution in [2.45, 2.75) is 38.0 Å². The van der Waals surface area contributed by atoms with E-state index in [2.05, 4.69) is 4.90 Å². The van der Waals surface area contributed by atoms with Crippen LogP contribution < -0.4 is 19.1 Å². The number of amides is 1. The van der Waals surface area contributed by atoms with Gasteiger partial charge in [-0.1, -0.05) is 41.4 Å². The molecule has 14 heteroatoms. The summed E-state index contributed by atoms with van der Waals surface area (Å²) >= 11 is 12.7. The van der Waals surface area contributed by atoms with Crippen molar-refractivity contribution in [3.63, 3.8) is 0 Å². The highest BCUT2D eigenvalue weighted by molar-refractivity contribution is 6.35. The molecule has 0 saturated carbocycles. The van der Waals surface area contributed by atoms with Gasteiger partial charge in [0, 0.05) is 24.6 Å². The van der Waals surface area contributed by atoms with Gasteiger partial charge in [0.2, 0.25) is 0 Å². The first-order chi connectivity index (χ1) is 24.5. The Balaban J connectivity index is 1.23. The van der Waals surface area contributed by atoms with E-state index in [1.165, 1.54) is 32.4 Å². The van der Waals surface area contributed by atoms with Gasteiger partial charge in [0.05, 0.1) is 32.0 Å². The third-order valence-electron chi connectivity index (χ3n) is 9.28. The summed E-state index contributed by atoms with van der Waals surface area (Å²) in [6.07, 6.45) is 2.17. The van der Waals surface area contributed by atoms with Gasteiger partial charge < -0.3 is 24.2 Å². The summed E-state index contributed by atoms with van der Waals surface area (Å²) in [6, 6.07) is 14.3. The molecule has 51 heavy (non-hydrogen) atoms. The second-order valence-corrected chi connectivity index (χ2v) is 13.3. The molecule has 268 valence electrons. The topological polar surface area (TPSA) is 104 Å². The number of hydrogen-bond donors (Lipinski definition) is 0. The monoisotopic (exact) mass is 741 g/mol. The number of pyridine rings is 1. The molecule has 2 atom stereocenters. The summed E-state index contributed by atoms with van der Waals surface area (Å²) in [5.74, 6) is -1.28. The summed E-state index contributed by atoms with van der Waals surface area (Å²) in [5.41, 5.74) is 1.53. The quantitative estimate of drug-likeness (QED) is 0.0897. The molecular formula is C37H35Cl2F2N3O7. The molecular weight excluding hydrogens is 707 g/mol. The SMILES string of the molecule is COc1ccc([C@H](Cc2c(Cl)c[n+]([O-])cc2Cl)OC(=O)c2ccc(CN(C(=O)O[C@H]3CN4CCC3CC4)c3ccc(F)cc3F)cc2)cc1OC. The Hall–Kier alpha value is -4.65. The molecule has 7 rings (SSSR count). The number of hydrogen-bond acceptors (Lipinski definition) is 8. The number of halogens is 4. The maximum Gasteiger partial charge on any atom is 0.415 e. The van der Waals surface area contributed by atoms with Gasteiger partial charge in [0.25, 0.3) is 0 Å². The first-order valence-corrected chi connectivity index (χ1v) is 17.0.